The van der Waals surface area contributed by atoms with E-state index in [2.05, 4.69) is 15.6 Å². The second-order valence-electron chi connectivity index (χ2n) is 7.68. The number of carbonyl (C=O) groups excluding carboxylic acids is 2. The van der Waals surface area contributed by atoms with Gasteiger partial charge < -0.3 is 19.9 Å². The van der Waals surface area contributed by atoms with Gasteiger partial charge in [0.2, 0.25) is 15.9 Å². The van der Waals surface area contributed by atoms with E-state index >= 15 is 0 Å². The highest BCUT2D eigenvalue weighted by molar-refractivity contribution is 7.89. The van der Waals surface area contributed by atoms with Gasteiger partial charge in [0.1, 0.15) is 0 Å². The highest BCUT2D eigenvalue weighted by atomic mass is 32.2. The number of benzene rings is 2. The molecule has 2 N–H and O–H groups in total. The van der Waals surface area contributed by atoms with Crippen LogP contribution < -0.4 is 10.6 Å². The molecule has 0 atom stereocenters. The number of rotatable bonds is 8. The summed E-state index contributed by atoms with van der Waals surface area (Å²) in [5, 5.41) is 5.51. The Morgan fingerprint density at radius 2 is 1.74 bits per heavy atom. The smallest absolute Gasteiger partial charge is 0.255 e. The van der Waals surface area contributed by atoms with Crippen LogP contribution in [0.25, 0.3) is 0 Å². The largest absolute Gasteiger partial charge is 0.379 e. The van der Waals surface area contributed by atoms with E-state index in [-0.39, 0.29) is 17.2 Å². The second-order valence-corrected chi connectivity index (χ2v) is 9.62. The summed E-state index contributed by atoms with van der Waals surface area (Å²) in [5.74, 6) is -0.609. The Kier molecular flexibility index (Phi) is 7.36. The topological polar surface area (TPSA) is 123 Å². The molecule has 1 fully saturated rings. The molecular weight excluding hydrogens is 458 g/mol. The van der Waals surface area contributed by atoms with Crippen LogP contribution in [0, 0.1) is 0 Å². The molecule has 1 saturated heterocycles. The maximum Gasteiger partial charge on any atom is 0.255 e. The maximum absolute atomic E-state index is 12.9. The highest BCUT2D eigenvalue weighted by Gasteiger charge is 2.26. The van der Waals surface area contributed by atoms with Crippen molar-refractivity contribution in [1.82, 2.24) is 13.9 Å². The summed E-state index contributed by atoms with van der Waals surface area (Å²) in [6.07, 6.45) is 5.32. The first kappa shape index (κ1) is 23.6. The number of anilines is 2. The van der Waals surface area contributed by atoms with E-state index in [0.717, 1.165) is 0 Å². The maximum atomic E-state index is 12.9. The second kappa shape index (κ2) is 10.6. The van der Waals surface area contributed by atoms with E-state index in [4.69, 9.17) is 4.74 Å². The van der Waals surface area contributed by atoms with Gasteiger partial charge in [0.25, 0.3) is 5.91 Å². The minimum absolute atomic E-state index is 0.103. The molecule has 1 aliphatic rings. The summed E-state index contributed by atoms with van der Waals surface area (Å²) in [6, 6.07) is 12.7. The summed E-state index contributed by atoms with van der Waals surface area (Å²) in [4.78, 5) is 29.1. The van der Waals surface area contributed by atoms with Gasteiger partial charge in [-0.05, 0) is 36.4 Å². The average molecular weight is 484 g/mol. The van der Waals surface area contributed by atoms with Gasteiger partial charge in [-0.3, -0.25) is 9.59 Å². The van der Waals surface area contributed by atoms with Gasteiger partial charge in [-0.25, -0.2) is 13.4 Å². The molecule has 0 bridgehead atoms. The van der Waals surface area contributed by atoms with E-state index in [0.29, 0.717) is 49.8 Å². The molecule has 2 aromatic carbocycles. The Bertz CT molecular complexity index is 1250. The SMILES string of the molecule is O=C(CCn1ccnc1)Nc1cccc(C(=O)Nc2cccc(S(=O)(=O)N3CCOCC3)c2)c1. The van der Waals surface area contributed by atoms with Gasteiger partial charge in [0.05, 0.1) is 24.4 Å². The number of morpholine rings is 1. The lowest BCUT2D eigenvalue weighted by atomic mass is 10.1. The van der Waals surface area contributed by atoms with Crippen LogP contribution >= 0.6 is 0 Å². The summed E-state index contributed by atoms with van der Waals surface area (Å²) >= 11 is 0. The number of hydrogen-bond acceptors (Lipinski definition) is 6. The van der Waals surface area contributed by atoms with Crippen molar-refractivity contribution in [1.29, 1.82) is 0 Å². The van der Waals surface area contributed by atoms with Gasteiger partial charge in [-0.2, -0.15) is 4.31 Å². The molecular formula is C23H25N5O5S. The molecule has 0 aliphatic carbocycles. The molecule has 4 rings (SSSR count). The quantitative estimate of drug-likeness (QED) is 0.506. The van der Waals surface area contributed by atoms with E-state index in [1.165, 1.54) is 16.4 Å². The zero-order valence-electron chi connectivity index (χ0n) is 18.4. The molecule has 0 spiro atoms. The Morgan fingerprint density at radius 1 is 1.00 bits per heavy atom. The summed E-state index contributed by atoms with van der Waals surface area (Å²) in [6.45, 7) is 1.79. The lowest BCUT2D eigenvalue weighted by Gasteiger charge is -2.26. The standard InChI is InChI=1S/C23H25N5O5S/c29-22(7-9-27-10-8-24-17-27)25-19-4-1-3-18(15-19)23(30)26-20-5-2-6-21(16-20)34(31,32)28-11-13-33-14-12-28/h1-6,8,10,15-17H,7,9,11-14H2,(H,25,29)(H,26,30). The molecule has 0 unspecified atom stereocenters. The van der Waals surface area contributed by atoms with Crippen LogP contribution in [0.15, 0.2) is 72.1 Å². The van der Waals surface area contributed by atoms with Crippen molar-refractivity contribution in [3.63, 3.8) is 0 Å². The number of carbonyl (C=O) groups is 2. The Balaban J connectivity index is 1.40. The Labute approximate surface area is 197 Å². The third-order valence-corrected chi connectivity index (χ3v) is 7.16. The monoisotopic (exact) mass is 483 g/mol. The third-order valence-electron chi connectivity index (χ3n) is 5.26. The first-order chi connectivity index (χ1) is 16.4. The van der Waals surface area contributed by atoms with Crippen LogP contribution in [-0.4, -0.2) is 60.4 Å². The fourth-order valence-corrected chi connectivity index (χ4v) is 4.94. The number of imidazole rings is 1. The number of nitrogens with one attached hydrogen (secondary N) is 2. The average Bonchev–Trinajstić information content (AvgIpc) is 3.37. The van der Waals surface area contributed by atoms with Gasteiger partial charge in [-0.1, -0.05) is 12.1 Å². The van der Waals surface area contributed by atoms with Crippen LogP contribution in [0.1, 0.15) is 16.8 Å². The van der Waals surface area contributed by atoms with Crippen molar-refractivity contribution in [2.45, 2.75) is 17.9 Å². The minimum atomic E-state index is -3.68. The van der Waals surface area contributed by atoms with Gasteiger partial charge >= 0.3 is 0 Å². The van der Waals surface area contributed by atoms with Crippen LogP contribution in [0.2, 0.25) is 0 Å². The van der Waals surface area contributed by atoms with Crippen molar-refractivity contribution < 1.29 is 22.7 Å². The third kappa shape index (κ3) is 5.87. The van der Waals surface area contributed by atoms with E-state index in [9.17, 15) is 18.0 Å². The predicted octanol–water partition coefficient (Wildman–Crippen LogP) is 2.19. The molecule has 34 heavy (non-hydrogen) atoms. The first-order valence-electron chi connectivity index (χ1n) is 10.8. The van der Waals surface area contributed by atoms with Crippen molar-refractivity contribution in [3.8, 4) is 0 Å². The number of aryl methyl sites for hydroxylation is 1. The molecule has 11 heteroatoms. The normalized spacial score (nSPS) is 14.5. The first-order valence-corrected chi connectivity index (χ1v) is 12.2. The van der Waals surface area contributed by atoms with Gasteiger partial charge in [0, 0.05) is 55.4 Å². The van der Waals surface area contributed by atoms with Crippen LogP contribution in [0.4, 0.5) is 11.4 Å². The fourth-order valence-electron chi connectivity index (χ4n) is 3.48. The van der Waals surface area contributed by atoms with Crippen LogP contribution in [0.5, 0.6) is 0 Å². The molecule has 2 amide bonds. The van der Waals surface area contributed by atoms with Gasteiger partial charge in [0.15, 0.2) is 0 Å². The Hall–Kier alpha value is -3.54. The molecule has 1 aliphatic heterocycles. The summed E-state index contributed by atoms with van der Waals surface area (Å²) in [7, 11) is -3.68. The van der Waals surface area contributed by atoms with E-state index < -0.39 is 15.9 Å². The summed E-state index contributed by atoms with van der Waals surface area (Å²) in [5.41, 5.74) is 1.18. The van der Waals surface area contributed by atoms with Crippen LogP contribution in [-0.2, 0) is 26.1 Å². The number of aromatic nitrogens is 2. The molecule has 3 aromatic rings. The van der Waals surface area contributed by atoms with E-state index in [1.807, 2.05) is 0 Å². The van der Waals surface area contributed by atoms with E-state index in [1.54, 1.807) is 59.7 Å². The number of amides is 2. The van der Waals surface area contributed by atoms with Crippen LogP contribution in [0.3, 0.4) is 0 Å². The zero-order chi connectivity index (χ0) is 24.0. The van der Waals surface area contributed by atoms with Gasteiger partial charge in [-0.15, -0.1) is 0 Å². The molecule has 10 nitrogen and oxygen atoms in total. The fraction of sp³-hybridized carbons (Fsp3) is 0.261. The predicted molar refractivity (Wildman–Crippen MR) is 126 cm³/mol. The number of ether oxygens (including phenoxy) is 1. The lowest BCUT2D eigenvalue weighted by Crippen LogP contribution is -2.40. The Morgan fingerprint density at radius 3 is 2.47 bits per heavy atom. The van der Waals surface area contributed by atoms with Crippen molar-refractivity contribution in [3.05, 3.63) is 72.8 Å². The molecule has 0 radical (unpaired) electrons. The summed E-state index contributed by atoms with van der Waals surface area (Å²) < 4.78 is 34.2. The zero-order valence-corrected chi connectivity index (χ0v) is 19.2. The number of hydrogen-bond donors (Lipinski definition) is 2. The number of nitrogens with zero attached hydrogens (tertiary/aromatic N) is 3. The number of sulfonamides is 1. The van der Waals surface area contributed by atoms with Crippen molar-refractivity contribution >= 4 is 33.2 Å². The molecule has 2 heterocycles. The molecule has 0 saturated carbocycles. The lowest BCUT2D eigenvalue weighted by molar-refractivity contribution is -0.116. The highest BCUT2D eigenvalue weighted by Crippen LogP contribution is 2.21. The minimum Gasteiger partial charge on any atom is -0.379 e. The van der Waals surface area contributed by atoms with Crippen molar-refractivity contribution in [2.75, 3.05) is 36.9 Å². The molecule has 1 aromatic heterocycles. The molecule has 178 valence electrons. The van der Waals surface area contributed by atoms with Crippen molar-refractivity contribution in [2.24, 2.45) is 0 Å².